The molecule has 1 atom stereocenters. The van der Waals surface area contributed by atoms with Gasteiger partial charge in [-0.25, -0.2) is 4.79 Å². The van der Waals surface area contributed by atoms with Crippen molar-refractivity contribution in [3.8, 4) is 11.5 Å². The van der Waals surface area contributed by atoms with E-state index in [0.29, 0.717) is 11.7 Å². The van der Waals surface area contributed by atoms with Gasteiger partial charge in [-0.1, -0.05) is 19.0 Å². The number of aromatic nitrogens is 2. The zero-order valence-electron chi connectivity index (χ0n) is 14.7. The molecule has 0 spiro atoms. The van der Waals surface area contributed by atoms with Crippen molar-refractivity contribution >= 4 is 23.5 Å². The van der Waals surface area contributed by atoms with Crippen molar-refractivity contribution in [1.82, 2.24) is 15.0 Å². The highest BCUT2D eigenvalue weighted by Crippen LogP contribution is 2.22. The molecule has 6 nitrogen and oxygen atoms in total. The number of anilines is 1. The van der Waals surface area contributed by atoms with Crippen molar-refractivity contribution in [1.29, 1.82) is 0 Å². The van der Waals surface area contributed by atoms with Crippen LogP contribution in [0.4, 0.5) is 10.5 Å². The summed E-state index contributed by atoms with van der Waals surface area (Å²) in [4.78, 5) is 18.3. The molecule has 0 aliphatic carbocycles. The van der Waals surface area contributed by atoms with Gasteiger partial charge in [-0.3, -0.25) is 0 Å². The van der Waals surface area contributed by atoms with Crippen molar-refractivity contribution < 1.29 is 9.32 Å². The van der Waals surface area contributed by atoms with E-state index in [2.05, 4.69) is 15.5 Å². The average Bonchev–Trinajstić information content (AvgIpc) is 3.05. The fourth-order valence-electron chi connectivity index (χ4n) is 2.05. The molecule has 1 N–H and O–H groups in total. The van der Waals surface area contributed by atoms with Crippen LogP contribution in [-0.4, -0.2) is 46.2 Å². The van der Waals surface area contributed by atoms with Gasteiger partial charge in [0.25, 0.3) is 5.89 Å². The second kappa shape index (κ2) is 8.19. The van der Waals surface area contributed by atoms with Crippen LogP contribution in [0.3, 0.4) is 0 Å². The Balaban J connectivity index is 2.02. The fraction of sp³-hybridized carbons (Fsp3) is 0.471. The summed E-state index contributed by atoms with van der Waals surface area (Å²) < 4.78 is 5.27. The number of carbonyl (C=O) groups excluding carboxylic acids is 1. The summed E-state index contributed by atoms with van der Waals surface area (Å²) in [5, 5.41) is 6.85. The van der Waals surface area contributed by atoms with Crippen LogP contribution in [0.15, 0.2) is 28.8 Å². The van der Waals surface area contributed by atoms with E-state index in [4.69, 9.17) is 4.52 Å². The van der Waals surface area contributed by atoms with E-state index < -0.39 is 0 Å². The molecule has 0 aliphatic heterocycles. The summed E-state index contributed by atoms with van der Waals surface area (Å²) in [6.45, 7) is 6.06. The van der Waals surface area contributed by atoms with Crippen molar-refractivity contribution in [2.24, 2.45) is 0 Å². The van der Waals surface area contributed by atoms with Crippen molar-refractivity contribution in [3.63, 3.8) is 0 Å². The number of hydrogen-bond acceptors (Lipinski definition) is 5. The molecule has 0 saturated carbocycles. The first-order valence-electron chi connectivity index (χ1n) is 7.89. The van der Waals surface area contributed by atoms with E-state index in [1.807, 2.05) is 51.3 Å². The average molecular weight is 348 g/mol. The zero-order valence-corrected chi connectivity index (χ0v) is 15.6. The molecule has 1 heterocycles. The Bertz CT molecular complexity index is 669. The first kappa shape index (κ1) is 18.3. The Labute approximate surface area is 147 Å². The Hall–Kier alpha value is -2.02. The topological polar surface area (TPSA) is 71.3 Å². The van der Waals surface area contributed by atoms with Crippen LogP contribution in [0.5, 0.6) is 0 Å². The third-order valence-electron chi connectivity index (χ3n) is 3.73. The predicted octanol–water partition coefficient (Wildman–Crippen LogP) is 4.08. The molecule has 2 amide bonds. The summed E-state index contributed by atoms with van der Waals surface area (Å²) >= 11 is 1.72. The molecule has 7 heteroatoms. The maximum Gasteiger partial charge on any atom is 0.321 e. The van der Waals surface area contributed by atoms with Crippen LogP contribution < -0.4 is 5.32 Å². The minimum atomic E-state index is -0.121. The highest BCUT2D eigenvalue weighted by atomic mass is 32.2. The number of urea groups is 1. The van der Waals surface area contributed by atoms with Gasteiger partial charge < -0.3 is 14.7 Å². The van der Waals surface area contributed by atoms with Crippen LogP contribution in [0, 0.1) is 0 Å². The minimum absolute atomic E-state index is 0.121. The Morgan fingerprint density at radius 1 is 1.29 bits per heavy atom. The van der Waals surface area contributed by atoms with Crippen molar-refractivity contribution in [2.75, 3.05) is 24.4 Å². The normalized spacial score (nSPS) is 12.2. The molecule has 130 valence electrons. The number of rotatable bonds is 6. The third kappa shape index (κ3) is 4.50. The fourth-order valence-corrected chi connectivity index (χ4v) is 2.75. The van der Waals surface area contributed by atoms with Crippen LogP contribution in [0.1, 0.15) is 32.5 Å². The van der Waals surface area contributed by atoms with Crippen molar-refractivity contribution in [2.45, 2.75) is 32.7 Å². The molecule has 0 aliphatic rings. The second-order valence-electron chi connectivity index (χ2n) is 6.04. The molecule has 0 saturated heterocycles. The first-order chi connectivity index (χ1) is 11.4. The number of amides is 2. The molecule has 0 fully saturated rings. The minimum Gasteiger partial charge on any atom is -0.334 e. The van der Waals surface area contributed by atoms with Gasteiger partial charge in [0.1, 0.15) is 0 Å². The van der Waals surface area contributed by atoms with Gasteiger partial charge in [0.15, 0.2) is 5.82 Å². The number of nitrogens with zero attached hydrogens (tertiary/aromatic N) is 3. The highest BCUT2D eigenvalue weighted by molar-refractivity contribution is 7.98. The lowest BCUT2D eigenvalue weighted by atomic mass is 10.2. The molecular weight excluding hydrogens is 324 g/mol. The second-order valence-corrected chi connectivity index (χ2v) is 6.95. The quantitative estimate of drug-likeness (QED) is 0.852. The Kier molecular flexibility index (Phi) is 6.25. The molecule has 2 rings (SSSR count). The molecule has 2 aromatic rings. The maximum atomic E-state index is 12.2. The number of benzene rings is 1. The van der Waals surface area contributed by atoms with Gasteiger partial charge in [-0.15, -0.1) is 0 Å². The maximum absolute atomic E-state index is 12.2. The molecule has 0 bridgehead atoms. The number of carbonyl (C=O) groups is 1. The lowest BCUT2D eigenvalue weighted by Gasteiger charge is -2.24. The van der Waals surface area contributed by atoms with E-state index >= 15 is 0 Å². The predicted molar refractivity (Wildman–Crippen MR) is 98.4 cm³/mol. The third-order valence-corrected chi connectivity index (χ3v) is 4.55. The molecule has 1 aromatic heterocycles. The van der Waals surface area contributed by atoms with E-state index in [0.717, 1.165) is 17.0 Å². The lowest BCUT2D eigenvalue weighted by molar-refractivity contribution is 0.212. The van der Waals surface area contributed by atoms with Gasteiger partial charge in [-0.05, 0) is 37.4 Å². The van der Waals surface area contributed by atoms with Crippen LogP contribution in [0.25, 0.3) is 11.5 Å². The van der Waals surface area contributed by atoms with E-state index in [1.54, 1.807) is 23.7 Å². The number of nitrogens with one attached hydrogen (secondary N) is 1. The van der Waals surface area contributed by atoms with Gasteiger partial charge in [0, 0.05) is 36.0 Å². The highest BCUT2D eigenvalue weighted by Gasteiger charge is 2.16. The smallest absolute Gasteiger partial charge is 0.321 e. The monoisotopic (exact) mass is 348 g/mol. The SMILES string of the molecule is CSC[C@@H](C)N(C)C(=O)Nc1ccc(-c2nc(C(C)C)no2)cc1. The summed E-state index contributed by atoms with van der Waals surface area (Å²) in [5.74, 6) is 2.30. The zero-order chi connectivity index (χ0) is 17.7. The first-order valence-corrected chi connectivity index (χ1v) is 9.28. The van der Waals surface area contributed by atoms with Crippen LogP contribution in [0.2, 0.25) is 0 Å². The summed E-state index contributed by atoms with van der Waals surface area (Å²) in [7, 11) is 1.80. The molecular formula is C17H24N4O2S. The summed E-state index contributed by atoms with van der Waals surface area (Å²) in [6.07, 6.45) is 2.03. The van der Waals surface area contributed by atoms with Crippen molar-refractivity contribution in [3.05, 3.63) is 30.1 Å². The molecule has 0 unspecified atom stereocenters. The summed E-state index contributed by atoms with van der Waals surface area (Å²) in [6, 6.07) is 7.44. The Morgan fingerprint density at radius 2 is 1.96 bits per heavy atom. The van der Waals surface area contributed by atoms with E-state index in [-0.39, 0.29) is 18.0 Å². The van der Waals surface area contributed by atoms with Gasteiger partial charge in [0.05, 0.1) is 0 Å². The lowest BCUT2D eigenvalue weighted by Crippen LogP contribution is -2.39. The van der Waals surface area contributed by atoms with Gasteiger partial charge in [-0.2, -0.15) is 16.7 Å². The number of thioether (sulfide) groups is 1. The number of hydrogen-bond donors (Lipinski definition) is 1. The van der Waals surface area contributed by atoms with Gasteiger partial charge in [0.2, 0.25) is 0 Å². The standard InChI is InChI=1S/C17H24N4O2S/c1-11(2)15-19-16(23-20-15)13-6-8-14(9-7-13)18-17(22)21(4)12(3)10-24-5/h6-9,11-12H,10H2,1-5H3,(H,18,22)/t12-/m1/s1. The summed E-state index contributed by atoms with van der Waals surface area (Å²) in [5.41, 5.74) is 1.56. The molecule has 1 aromatic carbocycles. The molecule has 24 heavy (non-hydrogen) atoms. The molecule has 0 radical (unpaired) electrons. The largest absolute Gasteiger partial charge is 0.334 e. The van der Waals surface area contributed by atoms with E-state index in [1.165, 1.54) is 0 Å². The van der Waals surface area contributed by atoms with Crippen LogP contribution in [-0.2, 0) is 0 Å². The van der Waals surface area contributed by atoms with Crippen LogP contribution >= 0.6 is 11.8 Å². The Morgan fingerprint density at radius 3 is 2.50 bits per heavy atom. The van der Waals surface area contributed by atoms with Gasteiger partial charge >= 0.3 is 6.03 Å². The van der Waals surface area contributed by atoms with E-state index in [9.17, 15) is 4.79 Å².